The number of aromatic nitrogens is 2. The Morgan fingerprint density at radius 2 is 2.38 bits per heavy atom. The van der Waals surface area contributed by atoms with Crippen molar-refractivity contribution in [3.05, 3.63) is 23.9 Å². The average molecular weight is 304 g/mol. The average Bonchev–Trinajstić information content (AvgIpc) is 3.05. The molecule has 1 aliphatic rings. The molecule has 1 aliphatic carbocycles. The molecule has 1 saturated carbocycles. The number of hydrogen-bond donors (Lipinski definition) is 3. The van der Waals surface area contributed by atoms with Gasteiger partial charge in [0.25, 0.3) is 5.91 Å². The quantitative estimate of drug-likeness (QED) is 0.758. The van der Waals surface area contributed by atoms with Crippen LogP contribution in [0.4, 0.5) is 5.69 Å². The smallest absolute Gasteiger partial charge is 0.272 e. The van der Waals surface area contributed by atoms with E-state index in [0.717, 1.165) is 29.5 Å². The van der Waals surface area contributed by atoms with Crippen molar-refractivity contribution in [1.29, 1.82) is 0 Å². The van der Waals surface area contributed by atoms with Gasteiger partial charge in [0, 0.05) is 22.4 Å². The molecule has 1 heterocycles. The molecule has 1 fully saturated rings. The molecule has 0 bridgehead atoms. The van der Waals surface area contributed by atoms with Crippen LogP contribution in [-0.4, -0.2) is 33.1 Å². The largest absolute Gasteiger partial charge is 0.399 e. The van der Waals surface area contributed by atoms with Gasteiger partial charge in [0.1, 0.15) is 0 Å². The van der Waals surface area contributed by atoms with E-state index in [1.807, 2.05) is 17.8 Å². The van der Waals surface area contributed by atoms with E-state index in [2.05, 4.69) is 22.4 Å². The molecule has 2 aromatic rings. The van der Waals surface area contributed by atoms with Gasteiger partial charge in [-0.1, -0.05) is 6.92 Å². The van der Waals surface area contributed by atoms with Crippen LogP contribution >= 0.6 is 11.8 Å². The van der Waals surface area contributed by atoms with Gasteiger partial charge in [0.2, 0.25) is 0 Å². The van der Waals surface area contributed by atoms with Gasteiger partial charge in [-0.05, 0) is 43.2 Å². The van der Waals surface area contributed by atoms with E-state index in [-0.39, 0.29) is 11.9 Å². The molecule has 0 saturated heterocycles. The number of hydrogen-bond acceptors (Lipinski definition) is 4. The minimum atomic E-state index is -0.112. The molecule has 1 amide bonds. The summed E-state index contributed by atoms with van der Waals surface area (Å²) in [5.74, 6) is 1.02. The molecule has 112 valence electrons. The number of carbonyl (C=O) groups is 1. The Morgan fingerprint density at radius 1 is 1.52 bits per heavy atom. The Bertz CT molecular complexity index is 654. The van der Waals surface area contributed by atoms with E-state index in [9.17, 15) is 4.79 Å². The molecule has 21 heavy (non-hydrogen) atoms. The van der Waals surface area contributed by atoms with Crippen LogP contribution in [0.15, 0.2) is 18.2 Å². The Kier molecular flexibility index (Phi) is 4.05. The number of H-pyrrole nitrogens is 1. The highest BCUT2D eigenvalue weighted by Crippen LogP contribution is 2.30. The Hall–Kier alpha value is -1.69. The van der Waals surface area contributed by atoms with Gasteiger partial charge >= 0.3 is 0 Å². The van der Waals surface area contributed by atoms with Crippen molar-refractivity contribution in [2.24, 2.45) is 0 Å². The molecule has 4 N–H and O–H groups in total. The van der Waals surface area contributed by atoms with Gasteiger partial charge < -0.3 is 11.1 Å². The first kappa shape index (κ1) is 14.3. The van der Waals surface area contributed by atoms with Crippen molar-refractivity contribution in [3.8, 4) is 0 Å². The van der Waals surface area contributed by atoms with Gasteiger partial charge in [0.15, 0.2) is 5.69 Å². The summed E-state index contributed by atoms with van der Waals surface area (Å²) in [5, 5.41) is 11.6. The van der Waals surface area contributed by atoms with E-state index in [0.29, 0.717) is 16.6 Å². The highest BCUT2D eigenvalue weighted by Gasteiger charge is 2.27. The summed E-state index contributed by atoms with van der Waals surface area (Å²) >= 11 is 1.98. The minimum Gasteiger partial charge on any atom is -0.399 e. The Balaban J connectivity index is 1.71. The Morgan fingerprint density at radius 3 is 3.19 bits per heavy atom. The number of nitrogens with zero attached hydrogens (tertiary/aromatic N) is 1. The maximum absolute atomic E-state index is 12.4. The molecular formula is C15H20N4OS. The van der Waals surface area contributed by atoms with Crippen LogP contribution in [0.5, 0.6) is 0 Å². The molecule has 0 aliphatic heterocycles. The first-order chi connectivity index (χ1) is 10.2. The normalized spacial score (nSPS) is 21.8. The highest BCUT2D eigenvalue weighted by molar-refractivity contribution is 7.99. The standard InChI is InChI=1S/C15H20N4OS/c1-2-21-11-5-4-10(8-11)17-15(20)14-12-7-9(16)3-6-13(12)18-19-14/h3,6-7,10-11H,2,4-5,8,16H2,1H3,(H,17,20)(H,18,19). The van der Waals surface area contributed by atoms with Gasteiger partial charge in [-0.2, -0.15) is 16.9 Å². The van der Waals surface area contributed by atoms with E-state index < -0.39 is 0 Å². The SMILES string of the molecule is CCSC1CCC(NC(=O)c2n[nH]c3ccc(N)cc23)C1. The number of rotatable bonds is 4. The van der Waals surface area contributed by atoms with E-state index in [1.165, 1.54) is 6.42 Å². The second kappa shape index (κ2) is 5.97. The predicted molar refractivity (Wildman–Crippen MR) is 87.5 cm³/mol. The van der Waals surface area contributed by atoms with Crippen LogP contribution in [0.1, 0.15) is 36.7 Å². The van der Waals surface area contributed by atoms with Gasteiger partial charge in [0.05, 0.1) is 5.52 Å². The number of fused-ring (bicyclic) bond motifs is 1. The van der Waals surface area contributed by atoms with Crippen molar-refractivity contribution in [2.45, 2.75) is 37.5 Å². The zero-order chi connectivity index (χ0) is 14.8. The zero-order valence-corrected chi connectivity index (χ0v) is 12.9. The summed E-state index contributed by atoms with van der Waals surface area (Å²) in [4.78, 5) is 12.4. The summed E-state index contributed by atoms with van der Waals surface area (Å²) in [6.45, 7) is 2.18. The number of amides is 1. The minimum absolute atomic E-state index is 0.112. The second-order valence-electron chi connectivity index (χ2n) is 5.44. The van der Waals surface area contributed by atoms with Gasteiger partial charge in [-0.15, -0.1) is 0 Å². The zero-order valence-electron chi connectivity index (χ0n) is 12.1. The van der Waals surface area contributed by atoms with E-state index in [4.69, 9.17) is 5.73 Å². The molecular weight excluding hydrogens is 284 g/mol. The van der Waals surface area contributed by atoms with Crippen LogP contribution in [0.2, 0.25) is 0 Å². The molecule has 6 heteroatoms. The van der Waals surface area contributed by atoms with E-state index >= 15 is 0 Å². The summed E-state index contributed by atoms with van der Waals surface area (Å²) < 4.78 is 0. The lowest BCUT2D eigenvalue weighted by Gasteiger charge is -2.12. The topological polar surface area (TPSA) is 83.8 Å². The molecule has 2 atom stereocenters. The van der Waals surface area contributed by atoms with Crippen LogP contribution in [-0.2, 0) is 0 Å². The third kappa shape index (κ3) is 3.00. The maximum atomic E-state index is 12.4. The number of nitrogens with two attached hydrogens (primary N) is 1. The lowest BCUT2D eigenvalue weighted by molar-refractivity contribution is 0.0934. The van der Waals surface area contributed by atoms with Crippen LogP contribution in [0.3, 0.4) is 0 Å². The maximum Gasteiger partial charge on any atom is 0.272 e. The molecule has 1 aromatic carbocycles. The fraction of sp³-hybridized carbons (Fsp3) is 0.467. The molecule has 5 nitrogen and oxygen atoms in total. The fourth-order valence-electron chi connectivity index (χ4n) is 2.92. The van der Waals surface area contributed by atoms with Crippen molar-refractivity contribution < 1.29 is 4.79 Å². The van der Waals surface area contributed by atoms with Crippen molar-refractivity contribution in [3.63, 3.8) is 0 Å². The number of thioether (sulfide) groups is 1. The summed E-state index contributed by atoms with van der Waals surface area (Å²) in [7, 11) is 0. The molecule has 0 radical (unpaired) electrons. The van der Waals surface area contributed by atoms with Crippen molar-refractivity contribution in [1.82, 2.24) is 15.5 Å². The monoisotopic (exact) mass is 304 g/mol. The summed E-state index contributed by atoms with van der Waals surface area (Å²) in [5.41, 5.74) is 7.70. The summed E-state index contributed by atoms with van der Waals surface area (Å²) in [6, 6.07) is 5.69. The van der Waals surface area contributed by atoms with Crippen molar-refractivity contribution >= 4 is 34.3 Å². The first-order valence-corrected chi connectivity index (χ1v) is 8.38. The van der Waals surface area contributed by atoms with Crippen LogP contribution in [0, 0.1) is 0 Å². The van der Waals surface area contributed by atoms with Gasteiger partial charge in [-0.25, -0.2) is 0 Å². The Labute approximate surface area is 128 Å². The summed E-state index contributed by atoms with van der Waals surface area (Å²) in [6.07, 6.45) is 3.28. The number of aromatic amines is 1. The second-order valence-corrected chi connectivity index (χ2v) is 7.02. The third-order valence-corrected chi connectivity index (χ3v) is 5.16. The van der Waals surface area contributed by atoms with Crippen molar-refractivity contribution in [2.75, 3.05) is 11.5 Å². The molecule has 1 aromatic heterocycles. The lowest BCUT2D eigenvalue weighted by atomic mass is 10.1. The number of benzene rings is 1. The highest BCUT2D eigenvalue weighted by atomic mass is 32.2. The predicted octanol–water partition coefficient (Wildman–Crippen LogP) is 2.55. The number of nitrogen functional groups attached to an aromatic ring is 1. The number of anilines is 1. The first-order valence-electron chi connectivity index (χ1n) is 7.33. The van der Waals surface area contributed by atoms with Crippen LogP contribution < -0.4 is 11.1 Å². The molecule has 0 spiro atoms. The third-order valence-electron chi connectivity index (χ3n) is 3.92. The van der Waals surface area contributed by atoms with E-state index in [1.54, 1.807) is 12.1 Å². The molecule has 2 unspecified atom stereocenters. The van der Waals surface area contributed by atoms with Crippen LogP contribution in [0.25, 0.3) is 10.9 Å². The lowest BCUT2D eigenvalue weighted by Crippen LogP contribution is -2.33. The number of carbonyl (C=O) groups excluding carboxylic acids is 1. The van der Waals surface area contributed by atoms with Gasteiger partial charge in [-0.3, -0.25) is 9.89 Å². The fourth-order valence-corrected chi connectivity index (χ4v) is 4.06. The number of nitrogens with one attached hydrogen (secondary N) is 2. The molecule has 3 rings (SSSR count).